The second-order valence-electron chi connectivity index (χ2n) is 11.4. The number of aryl methyl sites for hydroxylation is 1. The molecule has 0 amide bonds. The monoisotopic (exact) mass is 532 g/mol. The first kappa shape index (κ1) is 27.3. The molecular formula is C33H41FN2O3. The highest BCUT2D eigenvalue weighted by Gasteiger charge is 2.26. The van der Waals surface area contributed by atoms with Gasteiger partial charge in [-0.05, 0) is 118 Å². The molecule has 1 aliphatic carbocycles. The van der Waals surface area contributed by atoms with Gasteiger partial charge in [0.2, 0.25) is 0 Å². The number of nitrogens with zero attached hydrogens (tertiary/aromatic N) is 2. The molecular weight excluding hydrogens is 491 g/mol. The van der Waals surface area contributed by atoms with Crippen molar-refractivity contribution in [2.24, 2.45) is 0 Å². The van der Waals surface area contributed by atoms with Gasteiger partial charge in [-0.1, -0.05) is 24.6 Å². The highest BCUT2D eigenvalue weighted by molar-refractivity contribution is 5.60. The molecule has 2 N–H and O–H groups in total. The Bertz CT molecular complexity index is 1270. The lowest BCUT2D eigenvalue weighted by Gasteiger charge is -2.34. The van der Waals surface area contributed by atoms with Crippen LogP contribution >= 0.6 is 0 Å². The SMILES string of the molecule is CC(C)N(Cc1ccc(OCCN2CCCCC2)c(F)c1)c1cc(O)ccc1C1CCc2cc(O)ccc2C1. The van der Waals surface area contributed by atoms with Gasteiger partial charge in [-0.25, -0.2) is 4.39 Å². The predicted octanol–water partition coefficient (Wildman–Crippen LogP) is 6.79. The smallest absolute Gasteiger partial charge is 0.165 e. The summed E-state index contributed by atoms with van der Waals surface area (Å²) in [7, 11) is 0. The van der Waals surface area contributed by atoms with Gasteiger partial charge in [0.05, 0.1) is 0 Å². The number of aromatic hydroxyl groups is 2. The zero-order valence-electron chi connectivity index (χ0n) is 23.2. The summed E-state index contributed by atoms with van der Waals surface area (Å²) in [5.74, 6) is 0.805. The van der Waals surface area contributed by atoms with Crippen molar-refractivity contribution in [3.63, 3.8) is 0 Å². The van der Waals surface area contributed by atoms with Crippen LogP contribution in [0.15, 0.2) is 54.6 Å². The average Bonchev–Trinajstić information content (AvgIpc) is 2.93. The van der Waals surface area contributed by atoms with E-state index in [2.05, 4.69) is 23.6 Å². The fourth-order valence-electron chi connectivity index (χ4n) is 6.10. The third kappa shape index (κ3) is 6.67. The minimum Gasteiger partial charge on any atom is -0.508 e. The summed E-state index contributed by atoms with van der Waals surface area (Å²) >= 11 is 0. The van der Waals surface area contributed by atoms with Crippen molar-refractivity contribution in [2.75, 3.05) is 31.1 Å². The quantitative estimate of drug-likeness (QED) is 0.318. The fourth-order valence-corrected chi connectivity index (χ4v) is 6.10. The summed E-state index contributed by atoms with van der Waals surface area (Å²) in [6.07, 6.45) is 6.52. The molecule has 0 radical (unpaired) electrons. The van der Waals surface area contributed by atoms with Gasteiger partial charge in [0.25, 0.3) is 0 Å². The Morgan fingerprint density at radius 2 is 1.72 bits per heavy atom. The van der Waals surface area contributed by atoms with Crippen LogP contribution in [0.3, 0.4) is 0 Å². The van der Waals surface area contributed by atoms with E-state index in [-0.39, 0.29) is 17.6 Å². The molecule has 1 atom stereocenters. The van der Waals surface area contributed by atoms with Crippen LogP contribution in [0.2, 0.25) is 0 Å². The van der Waals surface area contributed by atoms with Crippen LogP contribution in [-0.2, 0) is 19.4 Å². The molecule has 208 valence electrons. The molecule has 6 heteroatoms. The van der Waals surface area contributed by atoms with E-state index in [0.29, 0.717) is 30.6 Å². The molecule has 0 spiro atoms. The first-order valence-corrected chi connectivity index (χ1v) is 14.4. The van der Waals surface area contributed by atoms with Gasteiger partial charge in [0.15, 0.2) is 11.6 Å². The number of phenolic OH excluding ortho intramolecular Hbond substituents is 2. The van der Waals surface area contributed by atoms with Crippen LogP contribution in [0.4, 0.5) is 10.1 Å². The zero-order chi connectivity index (χ0) is 27.4. The van der Waals surface area contributed by atoms with Crippen molar-refractivity contribution in [3.8, 4) is 17.2 Å². The van der Waals surface area contributed by atoms with Gasteiger partial charge in [-0.2, -0.15) is 0 Å². The van der Waals surface area contributed by atoms with Gasteiger partial charge in [-0.15, -0.1) is 0 Å². The molecule has 1 unspecified atom stereocenters. The summed E-state index contributed by atoms with van der Waals surface area (Å²) in [5, 5.41) is 20.3. The van der Waals surface area contributed by atoms with Gasteiger partial charge >= 0.3 is 0 Å². The molecule has 5 rings (SSSR count). The molecule has 1 fully saturated rings. The van der Waals surface area contributed by atoms with E-state index in [1.807, 2.05) is 30.3 Å². The molecule has 1 aliphatic heterocycles. The van der Waals surface area contributed by atoms with E-state index in [9.17, 15) is 10.2 Å². The fraction of sp³-hybridized carbons (Fsp3) is 0.455. The summed E-state index contributed by atoms with van der Waals surface area (Å²) in [6.45, 7) is 8.30. The lowest BCUT2D eigenvalue weighted by Crippen LogP contribution is -2.33. The van der Waals surface area contributed by atoms with Crippen molar-refractivity contribution in [3.05, 3.63) is 82.7 Å². The Balaban J connectivity index is 1.31. The Hall–Kier alpha value is -3.25. The summed E-state index contributed by atoms with van der Waals surface area (Å²) in [5.41, 5.74) is 5.51. The highest BCUT2D eigenvalue weighted by Crippen LogP contribution is 2.40. The average molecular weight is 533 g/mol. The van der Waals surface area contributed by atoms with E-state index in [0.717, 1.165) is 50.1 Å². The van der Waals surface area contributed by atoms with Gasteiger partial charge in [0.1, 0.15) is 18.1 Å². The Labute approximate surface area is 231 Å². The first-order chi connectivity index (χ1) is 18.9. The Kier molecular flexibility index (Phi) is 8.61. The topological polar surface area (TPSA) is 56.2 Å². The molecule has 39 heavy (non-hydrogen) atoms. The van der Waals surface area contributed by atoms with E-state index in [1.165, 1.54) is 36.0 Å². The molecule has 3 aromatic carbocycles. The summed E-state index contributed by atoms with van der Waals surface area (Å²) < 4.78 is 20.9. The lowest BCUT2D eigenvalue weighted by molar-refractivity contribution is 0.180. The zero-order valence-corrected chi connectivity index (χ0v) is 23.2. The maximum absolute atomic E-state index is 15.1. The molecule has 0 bridgehead atoms. The number of hydrogen-bond acceptors (Lipinski definition) is 5. The van der Waals surface area contributed by atoms with Gasteiger partial charge in [0, 0.05) is 30.9 Å². The van der Waals surface area contributed by atoms with E-state index in [1.54, 1.807) is 24.3 Å². The number of ether oxygens (including phenoxy) is 1. The van der Waals surface area contributed by atoms with Crippen molar-refractivity contribution >= 4 is 5.69 Å². The number of likely N-dealkylation sites (tertiary alicyclic amines) is 1. The van der Waals surface area contributed by atoms with Crippen LogP contribution in [-0.4, -0.2) is 47.4 Å². The van der Waals surface area contributed by atoms with Crippen LogP contribution in [0.1, 0.15) is 67.7 Å². The molecule has 1 saturated heterocycles. The molecule has 5 nitrogen and oxygen atoms in total. The van der Waals surface area contributed by atoms with Crippen molar-refractivity contribution < 1.29 is 19.3 Å². The predicted molar refractivity (Wildman–Crippen MR) is 154 cm³/mol. The molecule has 1 heterocycles. The van der Waals surface area contributed by atoms with E-state index in [4.69, 9.17) is 4.74 Å². The first-order valence-electron chi connectivity index (χ1n) is 14.4. The number of rotatable bonds is 9. The number of piperidine rings is 1. The second kappa shape index (κ2) is 12.3. The summed E-state index contributed by atoms with van der Waals surface area (Å²) in [4.78, 5) is 4.63. The van der Waals surface area contributed by atoms with Crippen LogP contribution < -0.4 is 9.64 Å². The molecule has 2 aliphatic rings. The third-order valence-corrected chi connectivity index (χ3v) is 8.27. The van der Waals surface area contributed by atoms with E-state index < -0.39 is 0 Å². The van der Waals surface area contributed by atoms with Crippen LogP contribution in [0.5, 0.6) is 17.2 Å². The van der Waals surface area contributed by atoms with Gasteiger partial charge < -0.3 is 19.8 Å². The van der Waals surface area contributed by atoms with E-state index >= 15 is 4.39 Å². The second-order valence-corrected chi connectivity index (χ2v) is 11.4. The Morgan fingerprint density at radius 3 is 2.49 bits per heavy atom. The number of anilines is 1. The van der Waals surface area contributed by atoms with Crippen molar-refractivity contribution in [1.82, 2.24) is 4.90 Å². The summed E-state index contributed by atoms with van der Waals surface area (Å²) in [6, 6.07) is 16.7. The van der Waals surface area contributed by atoms with Crippen LogP contribution in [0.25, 0.3) is 0 Å². The maximum atomic E-state index is 15.1. The standard InChI is InChI=1S/C33H41FN2O3/c1-23(2)36(22-24-6-13-33(31(34)18-24)39-17-16-35-14-4-3-5-15-35)32-21-29(38)11-12-30(32)27-8-7-26-20-28(37)10-9-25(26)19-27/h6,9-13,18,20-21,23,27,37-38H,3-5,7-8,14-17,19,22H2,1-2H3. The minimum atomic E-state index is -0.335. The minimum absolute atomic E-state index is 0.141. The number of fused-ring (bicyclic) bond motifs is 1. The highest BCUT2D eigenvalue weighted by atomic mass is 19.1. The third-order valence-electron chi connectivity index (χ3n) is 8.27. The molecule has 0 saturated carbocycles. The number of hydrogen-bond donors (Lipinski definition) is 2. The number of phenols is 2. The van der Waals surface area contributed by atoms with Crippen molar-refractivity contribution in [2.45, 2.75) is 70.9 Å². The normalized spacial score (nSPS) is 17.7. The maximum Gasteiger partial charge on any atom is 0.165 e. The molecule has 0 aromatic heterocycles. The molecule has 3 aromatic rings. The van der Waals surface area contributed by atoms with Crippen LogP contribution in [0, 0.1) is 5.82 Å². The Morgan fingerprint density at radius 1 is 0.949 bits per heavy atom. The number of benzene rings is 3. The van der Waals surface area contributed by atoms with Crippen molar-refractivity contribution in [1.29, 1.82) is 0 Å². The van der Waals surface area contributed by atoms with Gasteiger partial charge in [-0.3, -0.25) is 4.90 Å². The lowest BCUT2D eigenvalue weighted by atomic mass is 9.79. The number of halogens is 1. The largest absolute Gasteiger partial charge is 0.508 e.